The summed E-state index contributed by atoms with van der Waals surface area (Å²) in [6, 6.07) is 35.0. The number of anilines is 2. The first-order valence-electron chi connectivity index (χ1n) is 14.9. The van der Waals surface area contributed by atoms with Crippen LogP contribution in [-0.2, 0) is 9.59 Å². The second-order valence-electron chi connectivity index (χ2n) is 10.5. The zero-order valence-electron chi connectivity index (χ0n) is 26.4. The minimum atomic E-state index is -0.662. The summed E-state index contributed by atoms with van der Waals surface area (Å²) in [7, 11) is 3.04. The molecule has 1 unspecified atom stereocenters. The summed E-state index contributed by atoms with van der Waals surface area (Å²) in [6.07, 6.45) is 1.55. The summed E-state index contributed by atoms with van der Waals surface area (Å²) in [4.78, 5) is 41.2. The Morgan fingerprint density at radius 2 is 1.45 bits per heavy atom. The zero-order valence-corrected chi connectivity index (χ0v) is 28.7. The van der Waals surface area contributed by atoms with Crippen LogP contribution in [0.2, 0.25) is 10.0 Å². The average molecular weight is 713 g/mol. The lowest BCUT2D eigenvalue weighted by atomic mass is 10.1. The number of benzene rings is 5. The van der Waals surface area contributed by atoms with Crippen LogP contribution >= 0.6 is 35.0 Å². The van der Waals surface area contributed by atoms with Gasteiger partial charge in [-0.1, -0.05) is 83.9 Å². The summed E-state index contributed by atoms with van der Waals surface area (Å²) < 4.78 is 10.8. The first-order valence-corrected chi connectivity index (χ1v) is 16.6. The normalized spacial score (nSPS) is 11.6. The highest BCUT2D eigenvalue weighted by Gasteiger charge is 2.24. The zero-order chi connectivity index (χ0) is 34.8. The molecule has 0 aliphatic rings. The lowest BCUT2D eigenvalue weighted by Gasteiger charge is -2.18. The van der Waals surface area contributed by atoms with E-state index < -0.39 is 17.1 Å². The number of rotatable bonds is 12. The number of carbonyl (C=O) groups is 3. The van der Waals surface area contributed by atoms with Crippen LogP contribution in [0.15, 0.2) is 132 Å². The van der Waals surface area contributed by atoms with Crippen LogP contribution in [0.4, 0.5) is 11.4 Å². The van der Waals surface area contributed by atoms with Crippen LogP contribution in [-0.4, -0.2) is 31.9 Å². The summed E-state index contributed by atoms with van der Waals surface area (Å²) in [5.41, 5.74) is 2.64. The third-order valence-corrected chi connectivity index (χ3v) is 8.92. The molecular formula is C38H31Cl2N3O5S. The van der Waals surface area contributed by atoms with Crippen LogP contribution in [0.3, 0.4) is 0 Å². The van der Waals surface area contributed by atoms with Gasteiger partial charge in [0.25, 0.3) is 11.8 Å². The number of thioether (sulfide) groups is 1. The van der Waals surface area contributed by atoms with Gasteiger partial charge in [-0.3, -0.25) is 14.4 Å². The van der Waals surface area contributed by atoms with Crippen molar-refractivity contribution >= 4 is 70.1 Å². The van der Waals surface area contributed by atoms with Gasteiger partial charge in [0.05, 0.1) is 24.9 Å². The fourth-order valence-corrected chi connectivity index (χ4v) is 6.26. The Kier molecular flexibility index (Phi) is 12.0. The van der Waals surface area contributed by atoms with Crippen molar-refractivity contribution in [2.75, 3.05) is 24.9 Å². The van der Waals surface area contributed by atoms with E-state index in [2.05, 4.69) is 16.0 Å². The number of methoxy groups -OCH3 is 2. The molecule has 0 fully saturated rings. The van der Waals surface area contributed by atoms with Gasteiger partial charge in [0.15, 0.2) is 11.5 Å². The fraction of sp³-hybridized carbons (Fsp3) is 0.0789. The first-order chi connectivity index (χ1) is 23.7. The summed E-state index contributed by atoms with van der Waals surface area (Å²) in [6.45, 7) is 0. The Morgan fingerprint density at radius 3 is 2.14 bits per heavy atom. The largest absolute Gasteiger partial charge is 0.493 e. The Balaban J connectivity index is 1.40. The van der Waals surface area contributed by atoms with Crippen molar-refractivity contribution in [1.82, 2.24) is 5.32 Å². The number of hydrogen-bond donors (Lipinski definition) is 3. The molecule has 0 aliphatic heterocycles. The molecule has 0 aromatic heterocycles. The van der Waals surface area contributed by atoms with E-state index in [1.165, 1.54) is 26.0 Å². The summed E-state index contributed by atoms with van der Waals surface area (Å²) in [5.74, 6) is -0.323. The number of carbonyl (C=O) groups excluding carboxylic acids is 3. The van der Waals surface area contributed by atoms with Gasteiger partial charge in [-0.25, -0.2) is 0 Å². The van der Waals surface area contributed by atoms with Gasteiger partial charge in [-0.2, -0.15) is 0 Å². The molecule has 5 aromatic rings. The SMILES string of the molecule is COc1ccc(/C=C(/NC(=O)c2ccccc2)C(=O)Nc2cccc(SC(C(=O)Nc3ccc(Cl)cc3Cl)c3ccccc3)c2)cc1OC. The highest BCUT2D eigenvalue weighted by atomic mass is 35.5. The van der Waals surface area contributed by atoms with E-state index in [1.807, 2.05) is 36.4 Å². The van der Waals surface area contributed by atoms with E-state index in [-0.39, 0.29) is 11.6 Å². The van der Waals surface area contributed by atoms with Crippen molar-refractivity contribution in [3.05, 3.63) is 154 Å². The van der Waals surface area contributed by atoms with Crippen LogP contribution in [0, 0.1) is 0 Å². The molecule has 0 aliphatic carbocycles. The van der Waals surface area contributed by atoms with Gasteiger partial charge in [-0.05, 0) is 77.9 Å². The van der Waals surface area contributed by atoms with Crippen molar-refractivity contribution in [3.63, 3.8) is 0 Å². The molecule has 3 N–H and O–H groups in total. The number of amides is 3. The van der Waals surface area contributed by atoms with E-state index in [0.717, 1.165) is 5.56 Å². The van der Waals surface area contributed by atoms with Crippen molar-refractivity contribution < 1.29 is 23.9 Å². The van der Waals surface area contributed by atoms with Gasteiger partial charge in [-0.15, -0.1) is 11.8 Å². The van der Waals surface area contributed by atoms with Gasteiger partial charge in [0, 0.05) is 21.2 Å². The molecule has 49 heavy (non-hydrogen) atoms. The highest BCUT2D eigenvalue weighted by molar-refractivity contribution is 8.00. The molecule has 0 spiro atoms. The van der Waals surface area contributed by atoms with Crippen LogP contribution in [0.25, 0.3) is 6.08 Å². The summed E-state index contributed by atoms with van der Waals surface area (Å²) >= 11 is 13.7. The third kappa shape index (κ3) is 9.45. The number of halogens is 2. The quantitative estimate of drug-likeness (QED) is 0.0882. The van der Waals surface area contributed by atoms with Crippen LogP contribution < -0.4 is 25.4 Å². The topological polar surface area (TPSA) is 106 Å². The molecule has 11 heteroatoms. The van der Waals surface area contributed by atoms with E-state index in [0.29, 0.717) is 48.9 Å². The monoisotopic (exact) mass is 711 g/mol. The number of nitrogens with one attached hydrogen (secondary N) is 3. The molecular weight excluding hydrogens is 681 g/mol. The standard InChI is InChI=1S/C38H31Cl2N3O5S/c1-47-33-19-16-24(21-34(33)48-2)20-32(43-36(44)26-12-7-4-8-13-26)37(45)41-28-14-9-15-29(23-28)49-35(25-10-5-3-6-11-25)38(46)42-31-18-17-27(39)22-30(31)40/h3-23,35H,1-2H3,(H,41,45)(H,42,46)(H,43,44)/b32-20+. The van der Waals surface area contributed by atoms with Crippen LogP contribution in [0.5, 0.6) is 11.5 Å². The molecule has 0 bridgehead atoms. The van der Waals surface area contributed by atoms with Crippen molar-refractivity contribution in [3.8, 4) is 11.5 Å². The molecule has 0 radical (unpaired) electrons. The maximum absolute atomic E-state index is 13.7. The molecule has 248 valence electrons. The predicted octanol–water partition coefficient (Wildman–Crippen LogP) is 8.89. The number of hydrogen-bond acceptors (Lipinski definition) is 6. The van der Waals surface area contributed by atoms with Gasteiger partial charge >= 0.3 is 0 Å². The summed E-state index contributed by atoms with van der Waals surface area (Å²) in [5, 5.41) is 8.64. The first kappa shape index (κ1) is 35.1. The van der Waals surface area contributed by atoms with E-state index in [1.54, 1.807) is 91.0 Å². The van der Waals surface area contributed by atoms with Crippen molar-refractivity contribution in [1.29, 1.82) is 0 Å². The fourth-order valence-electron chi connectivity index (χ4n) is 4.72. The Morgan fingerprint density at radius 1 is 0.735 bits per heavy atom. The smallest absolute Gasteiger partial charge is 0.272 e. The van der Waals surface area contributed by atoms with Gasteiger partial charge in [0.1, 0.15) is 10.9 Å². The van der Waals surface area contributed by atoms with Crippen molar-refractivity contribution in [2.24, 2.45) is 0 Å². The minimum Gasteiger partial charge on any atom is -0.493 e. The Labute approximate surface area is 298 Å². The molecule has 8 nitrogen and oxygen atoms in total. The minimum absolute atomic E-state index is 0.000474. The van der Waals surface area contributed by atoms with Gasteiger partial charge < -0.3 is 25.4 Å². The van der Waals surface area contributed by atoms with E-state index >= 15 is 0 Å². The molecule has 0 saturated heterocycles. The lowest BCUT2D eigenvalue weighted by molar-refractivity contribution is -0.116. The van der Waals surface area contributed by atoms with E-state index in [9.17, 15) is 14.4 Å². The Bertz CT molecular complexity index is 1990. The second kappa shape index (κ2) is 16.7. The van der Waals surface area contributed by atoms with Gasteiger partial charge in [0.2, 0.25) is 5.91 Å². The van der Waals surface area contributed by atoms with Crippen molar-refractivity contribution in [2.45, 2.75) is 10.1 Å². The average Bonchev–Trinajstić information content (AvgIpc) is 3.12. The molecule has 5 rings (SSSR count). The maximum Gasteiger partial charge on any atom is 0.272 e. The molecule has 0 saturated carbocycles. The van der Waals surface area contributed by atoms with E-state index in [4.69, 9.17) is 32.7 Å². The lowest BCUT2D eigenvalue weighted by Crippen LogP contribution is -2.30. The molecule has 3 amide bonds. The predicted molar refractivity (Wildman–Crippen MR) is 197 cm³/mol. The molecule has 0 heterocycles. The van der Waals surface area contributed by atoms with Crippen LogP contribution in [0.1, 0.15) is 26.7 Å². The maximum atomic E-state index is 13.7. The molecule has 5 aromatic carbocycles. The molecule has 1 atom stereocenters. The highest BCUT2D eigenvalue weighted by Crippen LogP contribution is 2.38. The number of ether oxygens (including phenoxy) is 2. The second-order valence-corrected chi connectivity index (χ2v) is 12.5. The Hall–Kier alpha value is -5.22. The third-order valence-electron chi connectivity index (χ3n) is 7.12.